The van der Waals surface area contributed by atoms with E-state index in [2.05, 4.69) is 32.6 Å². The molecule has 200 valence electrons. The molecule has 2 aromatic rings. The number of halogens is 2. The van der Waals surface area contributed by atoms with Crippen LogP contribution in [0.2, 0.25) is 10.0 Å². The van der Waals surface area contributed by atoms with E-state index in [4.69, 9.17) is 32.7 Å². The van der Waals surface area contributed by atoms with E-state index in [0.29, 0.717) is 58.4 Å². The zero-order valence-corrected chi connectivity index (χ0v) is 24.2. The van der Waals surface area contributed by atoms with Crippen molar-refractivity contribution in [3.05, 3.63) is 74.5 Å². The molecular formula is C31H33Cl2NO4. The zero-order chi connectivity index (χ0) is 27.6. The highest BCUT2D eigenvalue weighted by Gasteiger charge is 2.50. The molecule has 5 nitrogen and oxygen atoms in total. The molecule has 0 bridgehead atoms. The van der Waals surface area contributed by atoms with Crippen molar-refractivity contribution >= 4 is 40.5 Å². The molecule has 0 aromatic heterocycles. The first kappa shape index (κ1) is 26.8. The van der Waals surface area contributed by atoms with Gasteiger partial charge >= 0.3 is 0 Å². The van der Waals surface area contributed by atoms with Gasteiger partial charge in [0.15, 0.2) is 11.6 Å². The van der Waals surface area contributed by atoms with Gasteiger partial charge in [-0.3, -0.25) is 9.59 Å². The number of ketones is 2. The fourth-order valence-electron chi connectivity index (χ4n) is 6.28. The molecule has 2 aliphatic carbocycles. The van der Waals surface area contributed by atoms with Crippen LogP contribution in [0.3, 0.4) is 0 Å². The second-order valence-electron chi connectivity index (χ2n) is 12.1. The molecule has 2 aromatic carbocycles. The number of carbonyl (C=O) groups excluding carboxylic acids is 2. The number of methoxy groups -OCH3 is 2. The Kier molecular flexibility index (Phi) is 6.68. The normalized spacial score (nSPS) is 20.9. The summed E-state index contributed by atoms with van der Waals surface area (Å²) in [5.74, 6) is 0.800. The summed E-state index contributed by atoms with van der Waals surface area (Å²) in [5, 5.41) is 0.878. The zero-order valence-electron chi connectivity index (χ0n) is 22.7. The predicted molar refractivity (Wildman–Crippen MR) is 151 cm³/mol. The summed E-state index contributed by atoms with van der Waals surface area (Å²) in [5.41, 5.74) is 4.17. The number of rotatable bonds is 4. The van der Waals surface area contributed by atoms with Gasteiger partial charge < -0.3 is 14.4 Å². The SMILES string of the molecule is COc1ccc(OC)c(C2C3=C(CC(C)(C)CC3=O)N(c3ccc(Cl)c(Cl)c3)C3=C2C(=O)CC(C)(C)C3)c1. The average Bonchev–Trinajstić information content (AvgIpc) is 2.82. The number of anilines is 1. The van der Waals surface area contributed by atoms with Crippen molar-refractivity contribution < 1.29 is 19.1 Å². The maximum Gasteiger partial charge on any atom is 0.162 e. The molecule has 0 fully saturated rings. The van der Waals surface area contributed by atoms with E-state index in [0.717, 1.165) is 22.6 Å². The van der Waals surface area contributed by atoms with Crippen LogP contribution in [0, 0.1) is 10.8 Å². The van der Waals surface area contributed by atoms with Gasteiger partial charge in [-0.1, -0.05) is 50.9 Å². The molecule has 1 aliphatic heterocycles. The van der Waals surface area contributed by atoms with E-state index < -0.39 is 5.92 Å². The van der Waals surface area contributed by atoms with E-state index in [-0.39, 0.29) is 22.4 Å². The third-order valence-corrected chi connectivity index (χ3v) is 8.56. The molecule has 38 heavy (non-hydrogen) atoms. The number of hydrogen-bond acceptors (Lipinski definition) is 5. The van der Waals surface area contributed by atoms with Gasteiger partial charge in [-0.15, -0.1) is 0 Å². The summed E-state index contributed by atoms with van der Waals surface area (Å²) in [4.78, 5) is 30.2. The Hall–Kier alpha value is -2.76. The van der Waals surface area contributed by atoms with Gasteiger partial charge in [0, 0.05) is 52.6 Å². The molecule has 0 saturated carbocycles. The summed E-state index contributed by atoms with van der Waals surface area (Å²) in [6, 6.07) is 11.1. The molecular weight excluding hydrogens is 521 g/mol. The van der Waals surface area contributed by atoms with Gasteiger partial charge in [-0.25, -0.2) is 0 Å². The van der Waals surface area contributed by atoms with Crippen LogP contribution in [0.4, 0.5) is 5.69 Å². The van der Waals surface area contributed by atoms with E-state index in [1.165, 1.54) is 0 Å². The highest BCUT2D eigenvalue weighted by atomic mass is 35.5. The number of ether oxygens (including phenoxy) is 2. The van der Waals surface area contributed by atoms with Crippen LogP contribution < -0.4 is 14.4 Å². The number of carbonyl (C=O) groups is 2. The highest BCUT2D eigenvalue weighted by molar-refractivity contribution is 6.42. The monoisotopic (exact) mass is 553 g/mol. The van der Waals surface area contributed by atoms with E-state index >= 15 is 0 Å². The molecule has 0 saturated heterocycles. The molecule has 5 rings (SSSR count). The van der Waals surface area contributed by atoms with E-state index in [9.17, 15) is 9.59 Å². The summed E-state index contributed by atoms with van der Waals surface area (Å²) >= 11 is 12.8. The lowest BCUT2D eigenvalue weighted by molar-refractivity contribution is -0.119. The molecule has 1 heterocycles. The first-order valence-corrected chi connectivity index (χ1v) is 13.6. The van der Waals surface area contributed by atoms with Crippen molar-refractivity contribution in [2.24, 2.45) is 10.8 Å². The third-order valence-electron chi connectivity index (χ3n) is 7.82. The quantitative estimate of drug-likeness (QED) is 0.385. The largest absolute Gasteiger partial charge is 0.497 e. The lowest BCUT2D eigenvalue weighted by Crippen LogP contribution is -2.44. The fourth-order valence-corrected chi connectivity index (χ4v) is 6.57. The molecule has 0 radical (unpaired) electrons. The van der Waals surface area contributed by atoms with Crippen molar-refractivity contribution in [3.8, 4) is 11.5 Å². The van der Waals surface area contributed by atoms with Crippen LogP contribution in [0.25, 0.3) is 0 Å². The van der Waals surface area contributed by atoms with Crippen LogP contribution >= 0.6 is 23.2 Å². The van der Waals surface area contributed by atoms with Gasteiger partial charge in [-0.2, -0.15) is 0 Å². The van der Waals surface area contributed by atoms with Crippen LogP contribution in [-0.2, 0) is 9.59 Å². The highest BCUT2D eigenvalue weighted by Crippen LogP contribution is 2.56. The molecule has 0 unspecified atom stereocenters. The topological polar surface area (TPSA) is 55.8 Å². The lowest BCUT2D eigenvalue weighted by Gasteiger charge is -2.49. The first-order chi connectivity index (χ1) is 17.9. The molecule has 0 spiro atoms. The Morgan fingerprint density at radius 3 is 1.84 bits per heavy atom. The number of benzene rings is 2. The minimum absolute atomic E-state index is 0.0420. The Bertz CT molecular complexity index is 1360. The minimum atomic E-state index is -0.545. The van der Waals surface area contributed by atoms with Gasteiger partial charge in [-0.05, 0) is 60.1 Å². The smallest absolute Gasteiger partial charge is 0.162 e. The van der Waals surface area contributed by atoms with Crippen molar-refractivity contribution in [3.63, 3.8) is 0 Å². The minimum Gasteiger partial charge on any atom is -0.497 e. The summed E-state index contributed by atoms with van der Waals surface area (Å²) in [6.45, 7) is 8.46. The van der Waals surface area contributed by atoms with Crippen LogP contribution in [0.1, 0.15) is 64.9 Å². The van der Waals surface area contributed by atoms with Crippen molar-refractivity contribution in [1.82, 2.24) is 0 Å². The standard InChI is InChI=1S/C31H33Cl2NO4/c1-30(2)13-22-28(24(35)15-30)27(19-12-18(37-5)8-10-26(19)38-6)29-23(14-31(3,4)16-25(29)36)34(22)17-7-9-20(32)21(33)11-17/h7-12,27H,13-16H2,1-6H3. The van der Waals surface area contributed by atoms with Crippen LogP contribution in [0.5, 0.6) is 11.5 Å². The van der Waals surface area contributed by atoms with E-state index in [1.54, 1.807) is 20.3 Å². The average molecular weight is 555 g/mol. The Morgan fingerprint density at radius 2 is 1.34 bits per heavy atom. The molecule has 7 heteroatoms. The van der Waals surface area contributed by atoms with E-state index in [1.807, 2.05) is 30.3 Å². The van der Waals surface area contributed by atoms with Crippen molar-refractivity contribution in [1.29, 1.82) is 0 Å². The van der Waals surface area contributed by atoms with Gasteiger partial charge in [0.2, 0.25) is 0 Å². The summed E-state index contributed by atoms with van der Waals surface area (Å²) in [7, 11) is 3.22. The van der Waals surface area contributed by atoms with Crippen LogP contribution in [0.15, 0.2) is 58.9 Å². The van der Waals surface area contributed by atoms with Gasteiger partial charge in [0.25, 0.3) is 0 Å². The molecule has 0 atom stereocenters. The summed E-state index contributed by atoms with van der Waals surface area (Å²) < 4.78 is 11.3. The van der Waals surface area contributed by atoms with Gasteiger partial charge in [0.05, 0.1) is 24.3 Å². The number of allylic oxidation sites excluding steroid dienone is 4. The second kappa shape index (κ2) is 9.46. The van der Waals surface area contributed by atoms with Gasteiger partial charge in [0.1, 0.15) is 11.5 Å². The summed E-state index contributed by atoms with van der Waals surface area (Å²) in [6.07, 6.45) is 2.13. The first-order valence-electron chi connectivity index (χ1n) is 12.9. The second-order valence-corrected chi connectivity index (χ2v) is 12.9. The van der Waals surface area contributed by atoms with Crippen molar-refractivity contribution in [2.45, 2.75) is 59.3 Å². The maximum atomic E-state index is 14.1. The Balaban J connectivity index is 1.87. The fraction of sp³-hybridized carbons (Fsp3) is 0.419. The number of nitrogens with zero attached hydrogens (tertiary/aromatic N) is 1. The number of Topliss-reactive ketones (excluding diaryl/α,β-unsaturated/α-hetero) is 2. The van der Waals surface area contributed by atoms with Crippen LogP contribution in [-0.4, -0.2) is 25.8 Å². The Morgan fingerprint density at radius 1 is 0.763 bits per heavy atom. The molecule has 3 aliphatic rings. The maximum absolute atomic E-state index is 14.1. The Labute approximate surface area is 234 Å². The number of hydrogen-bond donors (Lipinski definition) is 0. The molecule has 0 amide bonds. The lowest BCUT2D eigenvalue weighted by atomic mass is 9.63. The predicted octanol–water partition coefficient (Wildman–Crippen LogP) is 7.90. The molecule has 0 N–H and O–H groups in total. The third kappa shape index (κ3) is 4.54. The van der Waals surface area contributed by atoms with Crippen molar-refractivity contribution in [2.75, 3.05) is 19.1 Å².